The Labute approximate surface area is 404 Å². The number of nitrogens with zero attached hydrogens (tertiary/aromatic N) is 4. The number of ether oxygens (including phenoxy) is 2. The third kappa shape index (κ3) is 11.5. The van der Waals surface area contributed by atoms with E-state index in [2.05, 4.69) is 68.0 Å². The van der Waals surface area contributed by atoms with Gasteiger partial charge in [0.25, 0.3) is 0 Å². The van der Waals surface area contributed by atoms with Crippen molar-refractivity contribution in [2.75, 3.05) is 13.7 Å². The van der Waals surface area contributed by atoms with Crippen molar-refractivity contribution in [3.05, 3.63) is 113 Å². The van der Waals surface area contributed by atoms with Crippen LogP contribution in [0.15, 0.2) is 41.3 Å². The third-order valence-electron chi connectivity index (χ3n) is 13.9. The van der Waals surface area contributed by atoms with E-state index in [4.69, 9.17) is 29.7 Å². The predicted octanol–water partition coefficient (Wildman–Crippen LogP) is 10.3. The van der Waals surface area contributed by atoms with Crippen molar-refractivity contribution in [3.8, 4) is 0 Å². The van der Waals surface area contributed by atoms with Crippen LogP contribution < -0.4 is 25.7 Å². The first kappa shape index (κ1) is 51.4. The molecule has 9 nitrogen and oxygen atoms in total. The van der Waals surface area contributed by atoms with Crippen LogP contribution in [-0.2, 0) is 25.5 Å². The van der Waals surface area contributed by atoms with Gasteiger partial charge < -0.3 is 29.7 Å². The summed E-state index contributed by atoms with van der Waals surface area (Å²) in [6, 6.07) is 0. The third-order valence-corrected chi connectivity index (χ3v) is 13.9. The fourth-order valence-corrected chi connectivity index (χ4v) is 9.77. The molecule has 3 aliphatic rings. The molecule has 1 aliphatic carbocycles. The van der Waals surface area contributed by atoms with Gasteiger partial charge in [-0.15, -0.1) is 33.5 Å². The van der Waals surface area contributed by atoms with Crippen molar-refractivity contribution in [1.82, 2.24) is 15.0 Å². The average molecular weight is 891 g/mol. The zero-order chi connectivity index (χ0) is 46.4. The molecule has 0 radical (unpaired) electrons. The van der Waals surface area contributed by atoms with Gasteiger partial charge in [-0.25, -0.2) is 0 Å². The van der Waals surface area contributed by atoms with Gasteiger partial charge in [0.15, 0.2) is 5.78 Å². The zero-order valence-electron chi connectivity index (χ0n) is 41.1. The number of Topliss-reactive ketones (excluding diaryl/α,β-unsaturated/α-hetero) is 1. The number of carbonyl (C=O) groups is 3. The second kappa shape index (κ2) is 22.8. The van der Waals surface area contributed by atoms with E-state index in [1.54, 1.807) is 0 Å². The summed E-state index contributed by atoms with van der Waals surface area (Å²) in [5.41, 5.74) is 12.1. The van der Waals surface area contributed by atoms with Crippen LogP contribution in [0, 0.1) is 50.4 Å². The summed E-state index contributed by atoms with van der Waals surface area (Å²) in [5.74, 6) is -1.50. The molecule has 0 spiro atoms. The van der Waals surface area contributed by atoms with Crippen molar-refractivity contribution in [1.29, 1.82) is 0 Å². The maximum absolute atomic E-state index is 14.4. The van der Waals surface area contributed by atoms with Crippen molar-refractivity contribution in [3.63, 3.8) is 0 Å². The largest absolute Gasteiger partial charge is 2.00 e. The fourth-order valence-electron chi connectivity index (χ4n) is 9.77. The Bertz CT molecular complexity index is 2520. The molecule has 0 amide bonds. The van der Waals surface area contributed by atoms with Gasteiger partial charge in [0, 0.05) is 12.0 Å². The molecule has 0 N–H and O–H groups in total. The number of rotatable bonds is 19. The molecule has 4 atom stereocenters. The van der Waals surface area contributed by atoms with Crippen molar-refractivity contribution in [2.24, 2.45) is 29.6 Å². The number of allylic oxidation sites excluding steroid dienone is 5. The molecule has 0 unspecified atom stereocenters. The molecule has 5 heterocycles. The van der Waals surface area contributed by atoms with Gasteiger partial charge in [0.2, 0.25) is 0 Å². The smallest absolute Gasteiger partial charge is 0.664 e. The molecule has 0 saturated carbocycles. The topological polar surface area (TPSA) is 126 Å². The molecule has 344 valence electrons. The first-order valence-corrected chi connectivity index (χ1v) is 23.7. The van der Waals surface area contributed by atoms with Crippen LogP contribution in [0.25, 0.3) is 35.2 Å². The Morgan fingerprint density at radius 2 is 1.54 bits per heavy atom. The molecule has 6 rings (SSSR count). The second-order valence-corrected chi connectivity index (χ2v) is 19.0. The van der Waals surface area contributed by atoms with E-state index in [9.17, 15) is 14.4 Å². The molecule has 10 heteroatoms. The van der Waals surface area contributed by atoms with E-state index in [-0.39, 0.29) is 59.7 Å². The van der Waals surface area contributed by atoms with Gasteiger partial charge in [-0.1, -0.05) is 136 Å². The minimum atomic E-state index is -1.22. The van der Waals surface area contributed by atoms with Crippen molar-refractivity contribution < 1.29 is 23.9 Å². The standard InChI is InChI=1S/C55H71N4O5.Mg/c1-13-39-35(8)42-28-44-37(10)41(24-25-48(60)64-27-26-34(7)23-17-22-33(6)21-16-20-32(5)19-15-18-31(3)4)52(58-44)50-51(55(62)63-12)54(61)49-38(11)45(59-53(49)50)30-47-40(14-2)36(9)43(57-47)29-46(39)56-42;/h13,22,26,28-32,37,41,51H,1,14-21,23-25,27H2,2-12H3,(H-,58,59,61);/q-3;+2/p-1/b33-22+,34-26+,43-29-,44-28-,47-30-;/t32-,37+,41+,51-;/m1./s1. The molecule has 8 bridgehead atoms. The SMILES string of the molecule is C=Cc1c2[n-]c(c1C)/C=C1\[N-]/C(=C3\c4[n-]c(c(C)c4C(=O)[C@@H]3C(=O)OC)/C=c3\[n-]/c(c(C)c3CC)=C\2)[C@@H](CCC(=O)OC/C=C(\C)CC/C=C(\C)CCC[C@H](C)CCCC(C)C)[C@@H]1C.[Mg+2]. The Morgan fingerprint density at radius 1 is 0.846 bits per heavy atom. The Hall–Kier alpha value is -4.54. The van der Waals surface area contributed by atoms with E-state index in [1.807, 2.05) is 44.2 Å². The first-order chi connectivity index (χ1) is 30.6. The number of ketones is 1. The quantitative estimate of drug-likeness (QED) is 0.0504. The summed E-state index contributed by atoms with van der Waals surface area (Å²) < 4.78 is 11.0. The number of carbonyl (C=O) groups excluding carboxylic acids is 3. The molecular formula is C55H70MgN4O5-2. The van der Waals surface area contributed by atoms with Crippen LogP contribution in [-0.4, -0.2) is 54.5 Å². The second-order valence-electron chi connectivity index (χ2n) is 19.0. The van der Waals surface area contributed by atoms with Crippen molar-refractivity contribution in [2.45, 2.75) is 140 Å². The van der Waals surface area contributed by atoms with E-state index in [1.165, 1.54) is 50.4 Å². The molecule has 1 fully saturated rings. The number of hydrogen-bond donors (Lipinski definition) is 0. The van der Waals surface area contributed by atoms with E-state index < -0.39 is 11.9 Å². The van der Waals surface area contributed by atoms with E-state index >= 15 is 0 Å². The summed E-state index contributed by atoms with van der Waals surface area (Å²) in [6.07, 6.45) is 22.9. The minimum absolute atomic E-state index is 0. The van der Waals surface area contributed by atoms with Crippen LogP contribution in [0.5, 0.6) is 0 Å². The Balaban J connectivity index is 0.00000793. The maximum atomic E-state index is 14.4. The number of hydrogen-bond acceptors (Lipinski definition) is 5. The molecule has 2 aliphatic heterocycles. The van der Waals surface area contributed by atoms with Gasteiger partial charge in [-0.05, 0) is 108 Å². The average Bonchev–Trinajstić information content (AvgIpc) is 3.99. The van der Waals surface area contributed by atoms with E-state index in [0.29, 0.717) is 40.2 Å². The Morgan fingerprint density at radius 3 is 2.23 bits per heavy atom. The van der Waals surface area contributed by atoms with Crippen LogP contribution in [0.1, 0.15) is 174 Å². The molecular weight excluding hydrogens is 821 g/mol. The monoisotopic (exact) mass is 891 g/mol. The number of aromatic nitrogens is 3. The van der Waals surface area contributed by atoms with Gasteiger partial charge in [-0.3, -0.25) is 14.4 Å². The van der Waals surface area contributed by atoms with E-state index in [0.717, 1.165) is 87.6 Å². The minimum Gasteiger partial charge on any atom is -0.664 e. The Kier molecular flexibility index (Phi) is 18.0. The summed E-state index contributed by atoms with van der Waals surface area (Å²) >= 11 is 0. The molecule has 1 saturated heterocycles. The summed E-state index contributed by atoms with van der Waals surface area (Å²) in [6.45, 7) is 25.8. The van der Waals surface area contributed by atoms with Crippen LogP contribution in [0.3, 0.4) is 0 Å². The first-order valence-electron chi connectivity index (χ1n) is 23.7. The van der Waals surface area contributed by atoms with Crippen LogP contribution in [0.2, 0.25) is 0 Å². The summed E-state index contributed by atoms with van der Waals surface area (Å²) in [4.78, 5) is 56.6. The normalized spacial score (nSPS) is 21.4. The number of fused-ring (bicyclic) bond motifs is 7. The molecule has 3 aromatic rings. The van der Waals surface area contributed by atoms with Crippen LogP contribution in [0.4, 0.5) is 0 Å². The summed E-state index contributed by atoms with van der Waals surface area (Å²) in [7, 11) is 1.29. The van der Waals surface area contributed by atoms with Crippen molar-refractivity contribution >= 4 is 70.7 Å². The number of methoxy groups -OCH3 is 1. The molecule has 0 aromatic carbocycles. The van der Waals surface area contributed by atoms with Gasteiger partial charge in [0.05, 0.1) is 7.11 Å². The molecule has 65 heavy (non-hydrogen) atoms. The zero-order valence-corrected chi connectivity index (χ0v) is 42.5. The van der Waals surface area contributed by atoms with Gasteiger partial charge >= 0.3 is 35.0 Å². The fraction of sp³-hybridized carbons (Fsp3) is 0.509. The van der Waals surface area contributed by atoms with Crippen LogP contribution >= 0.6 is 0 Å². The van der Waals surface area contributed by atoms with Gasteiger partial charge in [-0.2, -0.15) is 11.4 Å². The molecule has 3 aromatic heterocycles. The maximum Gasteiger partial charge on any atom is 2.00 e. The number of esters is 2. The predicted molar refractivity (Wildman–Crippen MR) is 264 cm³/mol. The van der Waals surface area contributed by atoms with Gasteiger partial charge in [0.1, 0.15) is 12.5 Å². The summed E-state index contributed by atoms with van der Waals surface area (Å²) in [5, 5.41) is 6.83.